The summed E-state index contributed by atoms with van der Waals surface area (Å²) in [5.74, 6) is 0.500. The largest absolute Gasteiger partial charge is 0.387 e. The predicted molar refractivity (Wildman–Crippen MR) is 57.0 cm³/mol. The minimum absolute atomic E-state index is 0.356. The molecule has 0 radical (unpaired) electrons. The lowest BCUT2D eigenvalue weighted by Gasteiger charge is -2.17. The Labute approximate surface area is 85.8 Å². The van der Waals surface area contributed by atoms with Gasteiger partial charge < -0.3 is 9.67 Å². The van der Waals surface area contributed by atoms with Crippen LogP contribution in [-0.2, 0) is 0 Å². The molecule has 0 amide bonds. The van der Waals surface area contributed by atoms with E-state index in [0.29, 0.717) is 12.0 Å². The van der Waals surface area contributed by atoms with Gasteiger partial charge >= 0.3 is 0 Å². The van der Waals surface area contributed by atoms with Crippen molar-refractivity contribution in [3.05, 3.63) is 18.2 Å². The molecule has 1 aromatic heterocycles. The third-order valence-electron chi connectivity index (χ3n) is 2.29. The van der Waals surface area contributed by atoms with Gasteiger partial charge in [0, 0.05) is 6.04 Å². The smallest absolute Gasteiger partial charge is 0.0958 e. The molecular formula is C11H20N2O. The van der Waals surface area contributed by atoms with Crippen LogP contribution in [0.5, 0.6) is 0 Å². The second kappa shape index (κ2) is 4.60. The highest BCUT2D eigenvalue weighted by Crippen LogP contribution is 2.22. The van der Waals surface area contributed by atoms with E-state index in [0.717, 1.165) is 12.1 Å². The first-order chi connectivity index (χ1) is 6.52. The average Bonchev–Trinajstić information content (AvgIpc) is 2.49. The highest BCUT2D eigenvalue weighted by atomic mass is 16.3. The third kappa shape index (κ3) is 2.58. The summed E-state index contributed by atoms with van der Waals surface area (Å²) in [6.07, 6.45) is 3.94. The molecule has 0 spiro atoms. The lowest BCUT2D eigenvalue weighted by molar-refractivity contribution is 0.141. The van der Waals surface area contributed by atoms with Crippen molar-refractivity contribution in [2.24, 2.45) is 5.92 Å². The van der Waals surface area contributed by atoms with Crippen LogP contribution in [0.3, 0.4) is 0 Å². The van der Waals surface area contributed by atoms with E-state index >= 15 is 0 Å². The average molecular weight is 196 g/mol. The van der Waals surface area contributed by atoms with Crippen LogP contribution in [0.2, 0.25) is 0 Å². The van der Waals surface area contributed by atoms with E-state index in [4.69, 9.17) is 0 Å². The van der Waals surface area contributed by atoms with E-state index in [9.17, 15) is 5.11 Å². The zero-order valence-electron chi connectivity index (χ0n) is 9.44. The number of hydrogen-bond donors (Lipinski definition) is 1. The van der Waals surface area contributed by atoms with E-state index < -0.39 is 0 Å². The molecule has 14 heavy (non-hydrogen) atoms. The summed E-state index contributed by atoms with van der Waals surface area (Å²) >= 11 is 0. The zero-order valence-corrected chi connectivity index (χ0v) is 9.44. The SMILES string of the molecule is CC(C)CC(O)c1cncn1C(C)C. The predicted octanol–water partition coefficient (Wildman–Crippen LogP) is 2.54. The molecule has 1 atom stereocenters. The van der Waals surface area contributed by atoms with Crippen LogP contribution >= 0.6 is 0 Å². The van der Waals surface area contributed by atoms with Crippen LogP contribution in [0, 0.1) is 5.92 Å². The molecular weight excluding hydrogens is 176 g/mol. The Morgan fingerprint density at radius 1 is 1.36 bits per heavy atom. The first kappa shape index (κ1) is 11.2. The summed E-state index contributed by atoms with van der Waals surface area (Å²) in [7, 11) is 0. The molecule has 1 unspecified atom stereocenters. The van der Waals surface area contributed by atoms with E-state index in [-0.39, 0.29) is 6.10 Å². The van der Waals surface area contributed by atoms with Gasteiger partial charge in [0.15, 0.2) is 0 Å². The van der Waals surface area contributed by atoms with E-state index in [1.807, 2.05) is 4.57 Å². The van der Waals surface area contributed by atoms with E-state index in [2.05, 4.69) is 32.7 Å². The molecule has 0 aliphatic heterocycles. The minimum Gasteiger partial charge on any atom is -0.387 e. The van der Waals surface area contributed by atoms with Crippen LogP contribution < -0.4 is 0 Å². The van der Waals surface area contributed by atoms with Gasteiger partial charge in [0.05, 0.1) is 24.3 Å². The molecule has 0 aliphatic rings. The number of imidazole rings is 1. The fourth-order valence-corrected chi connectivity index (χ4v) is 1.57. The van der Waals surface area contributed by atoms with Crippen LogP contribution in [0.25, 0.3) is 0 Å². The Morgan fingerprint density at radius 3 is 2.50 bits per heavy atom. The van der Waals surface area contributed by atoms with Gasteiger partial charge in [0.25, 0.3) is 0 Å². The van der Waals surface area contributed by atoms with Gasteiger partial charge in [0.1, 0.15) is 0 Å². The first-order valence-electron chi connectivity index (χ1n) is 5.22. The summed E-state index contributed by atoms with van der Waals surface area (Å²) < 4.78 is 2.02. The summed E-state index contributed by atoms with van der Waals surface area (Å²) in [4.78, 5) is 4.07. The number of aliphatic hydroxyl groups excluding tert-OH is 1. The van der Waals surface area contributed by atoms with Gasteiger partial charge in [-0.25, -0.2) is 4.98 Å². The Balaban J connectivity index is 2.78. The van der Waals surface area contributed by atoms with Crippen LogP contribution in [0.15, 0.2) is 12.5 Å². The Hall–Kier alpha value is -0.830. The summed E-state index contributed by atoms with van der Waals surface area (Å²) in [6, 6.07) is 0.356. The van der Waals surface area contributed by atoms with Gasteiger partial charge in [0.2, 0.25) is 0 Å². The van der Waals surface area contributed by atoms with Crippen molar-refractivity contribution in [1.82, 2.24) is 9.55 Å². The molecule has 1 aromatic rings. The van der Waals surface area contributed by atoms with Gasteiger partial charge in [-0.2, -0.15) is 0 Å². The fraction of sp³-hybridized carbons (Fsp3) is 0.727. The number of aromatic nitrogens is 2. The number of aliphatic hydroxyl groups is 1. The van der Waals surface area contributed by atoms with Crippen molar-refractivity contribution in [1.29, 1.82) is 0 Å². The number of hydrogen-bond acceptors (Lipinski definition) is 2. The number of nitrogens with zero attached hydrogens (tertiary/aromatic N) is 2. The molecule has 3 nitrogen and oxygen atoms in total. The molecule has 0 aliphatic carbocycles. The van der Waals surface area contributed by atoms with Crippen LogP contribution in [0.1, 0.15) is 52.0 Å². The monoisotopic (exact) mass is 196 g/mol. The van der Waals surface area contributed by atoms with Crippen molar-refractivity contribution in [2.75, 3.05) is 0 Å². The van der Waals surface area contributed by atoms with Crippen LogP contribution in [0.4, 0.5) is 0 Å². The lowest BCUT2D eigenvalue weighted by Crippen LogP contribution is -2.10. The second-order valence-corrected chi connectivity index (χ2v) is 4.46. The van der Waals surface area contributed by atoms with Crippen molar-refractivity contribution in [3.63, 3.8) is 0 Å². The maximum Gasteiger partial charge on any atom is 0.0958 e. The topological polar surface area (TPSA) is 38.1 Å². The molecule has 0 saturated carbocycles. The molecule has 3 heteroatoms. The van der Waals surface area contributed by atoms with Gasteiger partial charge in [-0.1, -0.05) is 13.8 Å². The molecule has 80 valence electrons. The molecule has 0 bridgehead atoms. The van der Waals surface area contributed by atoms with Gasteiger partial charge in [-0.15, -0.1) is 0 Å². The van der Waals surface area contributed by atoms with E-state index in [1.165, 1.54) is 0 Å². The maximum absolute atomic E-state index is 9.95. The molecule has 0 saturated heterocycles. The highest BCUT2D eigenvalue weighted by molar-refractivity contribution is 5.03. The molecule has 0 fully saturated rings. The first-order valence-corrected chi connectivity index (χ1v) is 5.22. The number of rotatable bonds is 4. The Bertz CT molecular complexity index is 279. The van der Waals surface area contributed by atoms with Crippen molar-refractivity contribution >= 4 is 0 Å². The third-order valence-corrected chi connectivity index (χ3v) is 2.29. The fourth-order valence-electron chi connectivity index (χ4n) is 1.57. The lowest BCUT2D eigenvalue weighted by atomic mass is 10.0. The van der Waals surface area contributed by atoms with Crippen LogP contribution in [-0.4, -0.2) is 14.7 Å². The normalized spacial score (nSPS) is 13.9. The molecule has 1 rings (SSSR count). The Morgan fingerprint density at radius 2 is 2.00 bits per heavy atom. The Kier molecular flexibility index (Phi) is 3.69. The van der Waals surface area contributed by atoms with Gasteiger partial charge in [-0.05, 0) is 26.2 Å². The second-order valence-electron chi connectivity index (χ2n) is 4.46. The van der Waals surface area contributed by atoms with Gasteiger partial charge in [-0.3, -0.25) is 0 Å². The summed E-state index contributed by atoms with van der Waals surface area (Å²) in [6.45, 7) is 8.40. The molecule has 0 aromatic carbocycles. The van der Waals surface area contributed by atoms with E-state index in [1.54, 1.807) is 12.5 Å². The molecule has 1 N–H and O–H groups in total. The van der Waals surface area contributed by atoms with Crippen molar-refractivity contribution < 1.29 is 5.11 Å². The quantitative estimate of drug-likeness (QED) is 0.803. The minimum atomic E-state index is -0.389. The summed E-state index contributed by atoms with van der Waals surface area (Å²) in [5.41, 5.74) is 0.925. The molecule has 1 heterocycles. The van der Waals surface area contributed by atoms with Crippen molar-refractivity contribution in [3.8, 4) is 0 Å². The highest BCUT2D eigenvalue weighted by Gasteiger charge is 2.15. The maximum atomic E-state index is 9.95. The zero-order chi connectivity index (χ0) is 10.7. The standard InChI is InChI=1S/C11H20N2O/c1-8(2)5-11(14)10-6-12-7-13(10)9(3)4/h6-9,11,14H,5H2,1-4H3. The van der Waals surface area contributed by atoms with Crippen molar-refractivity contribution in [2.45, 2.75) is 46.3 Å². The summed E-state index contributed by atoms with van der Waals surface area (Å²) in [5, 5.41) is 9.95.